The zero-order chi connectivity index (χ0) is 10.8. The van der Waals surface area contributed by atoms with Crippen molar-refractivity contribution in [3.05, 3.63) is 0 Å². The molecule has 1 fully saturated rings. The molecule has 0 aliphatic carbocycles. The molecule has 1 rings (SSSR count). The van der Waals surface area contributed by atoms with Crippen LogP contribution in [-0.4, -0.2) is 52.1 Å². The zero-order valence-corrected chi connectivity index (χ0v) is 9.79. The summed E-state index contributed by atoms with van der Waals surface area (Å²) < 4.78 is 16.3. The maximum atomic E-state index is 5.83. The standard InChI is InChI=1S/C9H17BO3S/c1-6-7(12-3)9(5-14,4-11-2)13-8(6)10/h6-8,14H,4-5H2,1-3H3/t6-,7?,8+,9-/m0/s1. The van der Waals surface area contributed by atoms with Gasteiger partial charge >= 0.3 is 0 Å². The number of hydrogen-bond donors (Lipinski definition) is 1. The Morgan fingerprint density at radius 2 is 2.14 bits per heavy atom. The highest BCUT2D eigenvalue weighted by molar-refractivity contribution is 7.80. The Morgan fingerprint density at radius 1 is 1.50 bits per heavy atom. The van der Waals surface area contributed by atoms with E-state index < -0.39 is 5.60 Å². The minimum Gasteiger partial charge on any atom is -0.382 e. The minimum absolute atomic E-state index is 0.0602. The van der Waals surface area contributed by atoms with Gasteiger partial charge in [-0.2, -0.15) is 12.6 Å². The largest absolute Gasteiger partial charge is 0.382 e. The Kier molecular flexibility index (Phi) is 4.31. The number of thiol groups is 1. The first-order valence-corrected chi connectivity index (χ1v) is 5.30. The number of methoxy groups -OCH3 is 2. The SMILES string of the molecule is [B][C@@H]1O[C@](CS)(COC)C(OC)[C@@H]1C. The molecular formula is C9H17BO3S. The average molecular weight is 216 g/mol. The molecule has 0 aromatic carbocycles. The van der Waals surface area contributed by atoms with Gasteiger partial charge in [0.15, 0.2) is 0 Å². The number of hydrogen-bond acceptors (Lipinski definition) is 4. The van der Waals surface area contributed by atoms with Gasteiger partial charge in [0, 0.05) is 31.9 Å². The van der Waals surface area contributed by atoms with Crippen LogP contribution in [0.3, 0.4) is 0 Å². The second-order valence-corrected chi connectivity index (χ2v) is 4.07. The van der Waals surface area contributed by atoms with Crippen molar-refractivity contribution in [1.82, 2.24) is 0 Å². The highest BCUT2D eigenvalue weighted by Gasteiger charge is 2.51. The van der Waals surface area contributed by atoms with E-state index in [4.69, 9.17) is 22.1 Å². The van der Waals surface area contributed by atoms with E-state index in [-0.39, 0.29) is 18.0 Å². The molecule has 14 heavy (non-hydrogen) atoms. The molecule has 0 N–H and O–H groups in total. The number of ether oxygens (including phenoxy) is 3. The highest BCUT2D eigenvalue weighted by atomic mass is 32.1. The van der Waals surface area contributed by atoms with Crippen LogP contribution in [0, 0.1) is 5.92 Å². The molecule has 0 aromatic heterocycles. The highest BCUT2D eigenvalue weighted by Crippen LogP contribution is 2.37. The summed E-state index contributed by atoms with van der Waals surface area (Å²) in [5, 5.41) is 0. The molecule has 0 bridgehead atoms. The Bertz CT molecular complexity index is 193. The van der Waals surface area contributed by atoms with Gasteiger partial charge < -0.3 is 14.2 Å². The maximum absolute atomic E-state index is 5.83. The van der Waals surface area contributed by atoms with Crippen LogP contribution in [0.25, 0.3) is 0 Å². The minimum atomic E-state index is -0.508. The average Bonchev–Trinajstić information content (AvgIpc) is 2.40. The van der Waals surface area contributed by atoms with E-state index in [1.807, 2.05) is 6.92 Å². The molecule has 2 radical (unpaired) electrons. The van der Waals surface area contributed by atoms with E-state index in [1.54, 1.807) is 14.2 Å². The van der Waals surface area contributed by atoms with Crippen LogP contribution in [-0.2, 0) is 14.2 Å². The fourth-order valence-electron chi connectivity index (χ4n) is 2.06. The molecule has 3 nitrogen and oxygen atoms in total. The van der Waals surface area contributed by atoms with Crippen LogP contribution in [0.4, 0.5) is 0 Å². The molecule has 0 amide bonds. The Morgan fingerprint density at radius 3 is 2.57 bits per heavy atom. The lowest BCUT2D eigenvalue weighted by atomic mass is 9.83. The van der Waals surface area contributed by atoms with E-state index in [9.17, 15) is 0 Å². The first-order chi connectivity index (χ1) is 6.61. The molecule has 1 aliphatic rings. The lowest BCUT2D eigenvalue weighted by Gasteiger charge is -2.32. The fourth-order valence-corrected chi connectivity index (χ4v) is 2.41. The molecule has 80 valence electrons. The molecule has 4 atom stereocenters. The van der Waals surface area contributed by atoms with Gasteiger partial charge in [-0.3, -0.25) is 0 Å². The normalized spacial score (nSPS) is 43.0. The molecule has 1 unspecified atom stereocenters. The van der Waals surface area contributed by atoms with Crippen molar-refractivity contribution in [3.63, 3.8) is 0 Å². The topological polar surface area (TPSA) is 27.7 Å². The van der Waals surface area contributed by atoms with Crippen molar-refractivity contribution in [1.29, 1.82) is 0 Å². The van der Waals surface area contributed by atoms with Crippen LogP contribution in [0.1, 0.15) is 6.92 Å². The van der Waals surface area contributed by atoms with Gasteiger partial charge in [0.25, 0.3) is 0 Å². The second kappa shape index (κ2) is 4.88. The molecule has 0 saturated carbocycles. The van der Waals surface area contributed by atoms with Crippen molar-refractivity contribution in [2.45, 2.75) is 24.6 Å². The molecule has 1 saturated heterocycles. The summed E-state index contributed by atoms with van der Waals surface area (Å²) in [7, 11) is 9.13. The first kappa shape index (κ1) is 12.4. The zero-order valence-electron chi connectivity index (χ0n) is 8.90. The van der Waals surface area contributed by atoms with Crippen LogP contribution in [0.2, 0.25) is 0 Å². The van der Waals surface area contributed by atoms with E-state index >= 15 is 0 Å². The third-order valence-electron chi connectivity index (χ3n) is 2.80. The van der Waals surface area contributed by atoms with Crippen molar-refractivity contribution < 1.29 is 14.2 Å². The lowest BCUT2D eigenvalue weighted by Crippen LogP contribution is -2.48. The number of rotatable bonds is 4. The summed E-state index contributed by atoms with van der Waals surface area (Å²) in [6.45, 7) is 2.47. The third-order valence-corrected chi connectivity index (χ3v) is 3.33. The van der Waals surface area contributed by atoms with Crippen LogP contribution < -0.4 is 0 Å². The van der Waals surface area contributed by atoms with Gasteiger partial charge in [-0.25, -0.2) is 0 Å². The predicted octanol–water partition coefficient (Wildman–Crippen LogP) is 0.477. The van der Waals surface area contributed by atoms with Crippen molar-refractivity contribution in [2.24, 2.45) is 5.92 Å². The maximum Gasteiger partial charge on any atom is 0.126 e. The summed E-state index contributed by atoms with van der Waals surface area (Å²) in [6, 6.07) is -0.303. The summed E-state index contributed by atoms with van der Waals surface area (Å²) in [4.78, 5) is 0. The van der Waals surface area contributed by atoms with Gasteiger partial charge in [0.05, 0.1) is 12.7 Å². The Labute approximate surface area is 92.3 Å². The second-order valence-electron chi connectivity index (χ2n) is 3.75. The van der Waals surface area contributed by atoms with Crippen LogP contribution in [0.5, 0.6) is 0 Å². The summed E-state index contributed by atoms with van der Waals surface area (Å²) in [5.41, 5.74) is -0.508. The summed E-state index contributed by atoms with van der Waals surface area (Å²) >= 11 is 4.29. The van der Waals surface area contributed by atoms with E-state index in [0.717, 1.165) is 0 Å². The monoisotopic (exact) mass is 216 g/mol. The molecule has 1 heterocycles. The quantitative estimate of drug-likeness (QED) is 0.547. The van der Waals surface area contributed by atoms with Crippen LogP contribution in [0.15, 0.2) is 0 Å². The molecule has 0 aromatic rings. The van der Waals surface area contributed by atoms with Gasteiger partial charge in [-0.1, -0.05) is 6.92 Å². The molecule has 5 heteroatoms. The smallest absolute Gasteiger partial charge is 0.126 e. The van der Waals surface area contributed by atoms with E-state index in [1.165, 1.54) is 0 Å². The molecule has 0 spiro atoms. The summed E-state index contributed by atoms with van der Waals surface area (Å²) in [6.07, 6.45) is -0.0602. The van der Waals surface area contributed by atoms with Crippen molar-refractivity contribution >= 4 is 20.5 Å². The fraction of sp³-hybridized carbons (Fsp3) is 1.00. The predicted molar refractivity (Wildman–Crippen MR) is 59.0 cm³/mol. The van der Waals surface area contributed by atoms with Gasteiger partial charge in [-0.15, -0.1) is 0 Å². The lowest BCUT2D eigenvalue weighted by molar-refractivity contribution is -0.101. The van der Waals surface area contributed by atoms with Gasteiger partial charge in [-0.05, 0) is 0 Å². The first-order valence-electron chi connectivity index (χ1n) is 4.67. The molecular weight excluding hydrogens is 199 g/mol. The van der Waals surface area contributed by atoms with Crippen LogP contribution >= 0.6 is 12.6 Å². The summed E-state index contributed by atoms with van der Waals surface area (Å²) in [5.74, 6) is 0.694. The van der Waals surface area contributed by atoms with Crippen molar-refractivity contribution in [3.8, 4) is 0 Å². The third kappa shape index (κ3) is 1.96. The Hall–Kier alpha value is 0.295. The van der Waals surface area contributed by atoms with Crippen molar-refractivity contribution in [2.75, 3.05) is 26.6 Å². The van der Waals surface area contributed by atoms with Gasteiger partial charge in [0.1, 0.15) is 13.4 Å². The molecule has 1 aliphatic heterocycles. The van der Waals surface area contributed by atoms with E-state index in [0.29, 0.717) is 12.4 Å². The van der Waals surface area contributed by atoms with Gasteiger partial charge in [0.2, 0.25) is 0 Å². The Balaban J connectivity index is 2.83. The van der Waals surface area contributed by atoms with E-state index in [2.05, 4.69) is 12.6 Å².